The third kappa shape index (κ3) is 1.89. The topological polar surface area (TPSA) is 12.0 Å². The highest BCUT2D eigenvalue weighted by atomic mass is 14.9. The van der Waals surface area contributed by atoms with E-state index in [4.69, 9.17) is 0 Å². The number of hydrogen-bond acceptors (Lipinski definition) is 1. The van der Waals surface area contributed by atoms with Crippen LogP contribution >= 0.6 is 0 Å². The molecule has 2 atom stereocenters. The molecule has 2 unspecified atom stereocenters. The second-order valence-corrected chi connectivity index (χ2v) is 4.23. The molecule has 0 aromatic heterocycles. The first-order valence-electron chi connectivity index (χ1n) is 5.24. The van der Waals surface area contributed by atoms with Crippen molar-refractivity contribution in [3.63, 3.8) is 0 Å². The number of fused-ring (bicyclic) bond motifs is 1. The minimum Gasteiger partial charge on any atom is -0.317 e. The maximum Gasteiger partial charge on any atom is 0.00652 e. The van der Waals surface area contributed by atoms with Gasteiger partial charge in [-0.2, -0.15) is 0 Å². The number of allylic oxidation sites excluding steroid dienone is 2. The Bertz CT molecular complexity index is 170. The molecule has 0 aliphatic heterocycles. The summed E-state index contributed by atoms with van der Waals surface area (Å²) in [4.78, 5) is 0. The summed E-state index contributed by atoms with van der Waals surface area (Å²) in [6.07, 6.45) is 11.9. The smallest absolute Gasteiger partial charge is 0.00652 e. The highest BCUT2D eigenvalue weighted by Gasteiger charge is 2.30. The fraction of sp³-hybridized carbons (Fsp3) is 0.818. The highest BCUT2D eigenvalue weighted by Crippen LogP contribution is 2.41. The SMILES string of the molecule is C1=CC2CCC2C1.CNC1CC1. The lowest BCUT2D eigenvalue weighted by Crippen LogP contribution is -2.18. The molecule has 1 heteroatoms. The second-order valence-electron chi connectivity index (χ2n) is 4.23. The van der Waals surface area contributed by atoms with Gasteiger partial charge in [0, 0.05) is 6.04 Å². The molecule has 3 aliphatic carbocycles. The molecule has 1 N–H and O–H groups in total. The molecule has 0 saturated heterocycles. The van der Waals surface area contributed by atoms with E-state index in [2.05, 4.69) is 17.5 Å². The van der Waals surface area contributed by atoms with Crippen LogP contribution in [0.25, 0.3) is 0 Å². The van der Waals surface area contributed by atoms with Crippen LogP contribution in [0.1, 0.15) is 32.1 Å². The van der Waals surface area contributed by atoms with E-state index in [0.29, 0.717) is 0 Å². The third-order valence-corrected chi connectivity index (χ3v) is 3.28. The summed E-state index contributed by atoms with van der Waals surface area (Å²) in [5.41, 5.74) is 0. The van der Waals surface area contributed by atoms with Gasteiger partial charge < -0.3 is 5.32 Å². The zero-order chi connectivity index (χ0) is 8.39. The predicted octanol–water partition coefficient (Wildman–Crippen LogP) is 2.34. The molecule has 1 nitrogen and oxygen atoms in total. The van der Waals surface area contributed by atoms with Crippen molar-refractivity contribution in [3.05, 3.63) is 12.2 Å². The Morgan fingerprint density at radius 2 is 2.00 bits per heavy atom. The van der Waals surface area contributed by atoms with E-state index in [0.717, 1.165) is 17.9 Å². The molecule has 0 aromatic rings. The average Bonchev–Trinajstić information content (AvgIpc) is 2.81. The summed E-state index contributed by atoms with van der Waals surface area (Å²) in [5, 5.41) is 3.14. The molecule has 68 valence electrons. The van der Waals surface area contributed by atoms with Gasteiger partial charge in [-0.25, -0.2) is 0 Å². The molecule has 2 fully saturated rings. The number of rotatable bonds is 1. The van der Waals surface area contributed by atoms with Crippen LogP contribution in [0.5, 0.6) is 0 Å². The van der Waals surface area contributed by atoms with Crippen molar-refractivity contribution in [1.29, 1.82) is 0 Å². The Hall–Kier alpha value is -0.300. The lowest BCUT2D eigenvalue weighted by Gasteiger charge is -2.29. The largest absolute Gasteiger partial charge is 0.317 e. The van der Waals surface area contributed by atoms with Gasteiger partial charge in [0.25, 0.3) is 0 Å². The van der Waals surface area contributed by atoms with Gasteiger partial charge in [0.2, 0.25) is 0 Å². The van der Waals surface area contributed by atoms with Gasteiger partial charge in [0.05, 0.1) is 0 Å². The fourth-order valence-corrected chi connectivity index (χ4v) is 1.94. The Balaban J connectivity index is 0.000000100. The Morgan fingerprint density at radius 1 is 1.17 bits per heavy atom. The Labute approximate surface area is 75.2 Å². The van der Waals surface area contributed by atoms with E-state index in [1.807, 2.05) is 7.05 Å². The molecule has 0 amide bonds. The summed E-state index contributed by atoms with van der Waals surface area (Å²) < 4.78 is 0. The van der Waals surface area contributed by atoms with Crippen LogP contribution in [0, 0.1) is 11.8 Å². The molecular weight excluding hydrogens is 146 g/mol. The molecule has 0 radical (unpaired) electrons. The maximum absolute atomic E-state index is 3.14. The van der Waals surface area contributed by atoms with E-state index < -0.39 is 0 Å². The van der Waals surface area contributed by atoms with Crippen molar-refractivity contribution in [2.45, 2.75) is 38.1 Å². The molecular formula is C11H19N. The van der Waals surface area contributed by atoms with Crippen LogP contribution in [0.4, 0.5) is 0 Å². The maximum atomic E-state index is 3.14. The summed E-state index contributed by atoms with van der Waals surface area (Å²) in [7, 11) is 2.01. The minimum absolute atomic E-state index is 0.884. The van der Waals surface area contributed by atoms with Gasteiger partial charge in [-0.1, -0.05) is 12.2 Å². The lowest BCUT2D eigenvalue weighted by molar-refractivity contribution is 0.249. The van der Waals surface area contributed by atoms with Crippen LogP contribution in [-0.2, 0) is 0 Å². The van der Waals surface area contributed by atoms with Crippen LogP contribution in [-0.4, -0.2) is 13.1 Å². The molecule has 3 aliphatic rings. The van der Waals surface area contributed by atoms with E-state index in [1.54, 1.807) is 0 Å². The first kappa shape index (κ1) is 8.31. The summed E-state index contributed by atoms with van der Waals surface area (Å²) in [6.45, 7) is 0. The van der Waals surface area contributed by atoms with Gasteiger partial charge in [-0.05, 0) is 51.0 Å². The standard InChI is InChI=1S/C7H10.C4H9N/c1-2-6-4-5-7(6)3-1;1-5-4-2-3-4/h1-2,6-7H,3-5H2;4-5H,2-3H2,1H3. The van der Waals surface area contributed by atoms with E-state index in [-0.39, 0.29) is 0 Å². The van der Waals surface area contributed by atoms with Crippen molar-refractivity contribution < 1.29 is 0 Å². The number of hydrogen-bond donors (Lipinski definition) is 1. The van der Waals surface area contributed by atoms with Crippen LogP contribution in [0.3, 0.4) is 0 Å². The Morgan fingerprint density at radius 3 is 2.17 bits per heavy atom. The van der Waals surface area contributed by atoms with Crippen molar-refractivity contribution in [2.24, 2.45) is 11.8 Å². The van der Waals surface area contributed by atoms with Crippen molar-refractivity contribution in [1.82, 2.24) is 5.32 Å². The fourth-order valence-electron chi connectivity index (χ4n) is 1.94. The van der Waals surface area contributed by atoms with Gasteiger partial charge >= 0.3 is 0 Å². The average molecular weight is 165 g/mol. The van der Waals surface area contributed by atoms with Gasteiger partial charge in [0.15, 0.2) is 0 Å². The molecule has 0 heterocycles. The molecule has 12 heavy (non-hydrogen) atoms. The summed E-state index contributed by atoms with van der Waals surface area (Å²) in [5.74, 6) is 2.10. The summed E-state index contributed by atoms with van der Waals surface area (Å²) >= 11 is 0. The van der Waals surface area contributed by atoms with Crippen LogP contribution in [0.15, 0.2) is 12.2 Å². The molecule has 0 spiro atoms. The molecule has 2 saturated carbocycles. The first-order valence-corrected chi connectivity index (χ1v) is 5.24. The van der Waals surface area contributed by atoms with Crippen molar-refractivity contribution >= 4 is 0 Å². The monoisotopic (exact) mass is 165 g/mol. The van der Waals surface area contributed by atoms with E-state index in [1.165, 1.54) is 32.1 Å². The van der Waals surface area contributed by atoms with E-state index in [9.17, 15) is 0 Å². The zero-order valence-electron chi connectivity index (χ0n) is 7.92. The summed E-state index contributed by atoms with van der Waals surface area (Å²) in [6, 6.07) is 0.884. The van der Waals surface area contributed by atoms with E-state index >= 15 is 0 Å². The minimum atomic E-state index is 0.884. The van der Waals surface area contributed by atoms with Crippen LogP contribution in [0.2, 0.25) is 0 Å². The van der Waals surface area contributed by atoms with Crippen LogP contribution < -0.4 is 5.32 Å². The Kier molecular flexibility index (Phi) is 2.50. The van der Waals surface area contributed by atoms with Gasteiger partial charge in [0.1, 0.15) is 0 Å². The van der Waals surface area contributed by atoms with Gasteiger partial charge in [-0.3, -0.25) is 0 Å². The molecule has 3 rings (SSSR count). The van der Waals surface area contributed by atoms with Gasteiger partial charge in [-0.15, -0.1) is 0 Å². The predicted molar refractivity (Wildman–Crippen MR) is 52.1 cm³/mol. The van der Waals surface area contributed by atoms with Crippen molar-refractivity contribution in [3.8, 4) is 0 Å². The normalized spacial score (nSPS) is 36.4. The second kappa shape index (κ2) is 3.61. The van der Waals surface area contributed by atoms with Crippen molar-refractivity contribution in [2.75, 3.05) is 7.05 Å². The third-order valence-electron chi connectivity index (χ3n) is 3.28. The quantitative estimate of drug-likeness (QED) is 0.588. The lowest BCUT2D eigenvalue weighted by atomic mass is 9.76. The highest BCUT2D eigenvalue weighted by molar-refractivity contribution is 5.06. The zero-order valence-corrected chi connectivity index (χ0v) is 7.92. The molecule has 0 aromatic carbocycles. The first-order chi connectivity index (χ1) is 5.90. The molecule has 0 bridgehead atoms. The number of nitrogens with one attached hydrogen (secondary N) is 1.